The number of nitrogens with zero attached hydrogens (tertiary/aromatic N) is 2. The summed E-state index contributed by atoms with van der Waals surface area (Å²) in [5.41, 5.74) is 0.757. The fourth-order valence-corrected chi connectivity index (χ4v) is 4.24. The molecule has 2 aromatic rings. The summed E-state index contributed by atoms with van der Waals surface area (Å²) in [5.74, 6) is -1.84. The molecule has 1 aromatic heterocycles. The summed E-state index contributed by atoms with van der Waals surface area (Å²) < 4.78 is 32.0. The van der Waals surface area contributed by atoms with Gasteiger partial charge in [-0.05, 0) is 29.8 Å². The van der Waals surface area contributed by atoms with E-state index in [1.165, 1.54) is 22.5 Å². The Labute approximate surface area is 173 Å². The minimum Gasteiger partial charge on any atom is -0.379 e. The van der Waals surface area contributed by atoms with Crippen LogP contribution in [0.15, 0.2) is 47.6 Å². The maximum Gasteiger partial charge on any atom is 0.313 e. The number of rotatable bonds is 5. The van der Waals surface area contributed by atoms with E-state index in [0.717, 1.165) is 5.56 Å². The molecule has 1 saturated heterocycles. The van der Waals surface area contributed by atoms with Crippen LogP contribution in [0.25, 0.3) is 0 Å². The molecule has 1 aliphatic heterocycles. The van der Waals surface area contributed by atoms with Crippen molar-refractivity contribution in [2.75, 3.05) is 31.6 Å². The second-order valence-corrected chi connectivity index (χ2v) is 8.50. The summed E-state index contributed by atoms with van der Waals surface area (Å²) in [6.45, 7) is 1.23. The highest BCUT2D eigenvalue weighted by Gasteiger charge is 2.27. The molecule has 2 heterocycles. The van der Waals surface area contributed by atoms with Crippen LogP contribution >= 0.6 is 11.6 Å². The number of aromatic nitrogens is 1. The molecule has 1 aliphatic rings. The lowest BCUT2D eigenvalue weighted by Gasteiger charge is -2.26. The largest absolute Gasteiger partial charge is 0.379 e. The maximum absolute atomic E-state index is 12.8. The quantitative estimate of drug-likeness (QED) is 0.673. The number of morpholine rings is 1. The second-order valence-electron chi connectivity index (χ2n) is 6.16. The first-order valence-electron chi connectivity index (χ1n) is 8.73. The summed E-state index contributed by atoms with van der Waals surface area (Å²) in [4.78, 5) is 28.1. The van der Waals surface area contributed by atoms with Gasteiger partial charge in [0.05, 0.1) is 28.8 Å². The van der Waals surface area contributed by atoms with Crippen LogP contribution in [-0.4, -0.2) is 55.8 Å². The van der Waals surface area contributed by atoms with E-state index in [1.807, 2.05) is 0 Å². The molecule has 2 N–H and O–H groups in total. The molecule has 0 saturated carbocycles. The van der Waals surface area contributed by atoms with Crippen LogP contribution in [0.5, 0.6) is 0 Å². The molecule has 0 aliphatic carbocycles. The highest BCUT2D eigenvalue weighted by Crippen LogP contribution is 2.27. The Morgan fingerprint density at radius 2 is 1.93 bits per heavy atom. The fourth-order valence-electron chi connectivity index (χ4n) is 2.64. The highest BCUT2D eigenvalue weighted by molar-refractivity contribution is 7.89. The summed E-state index contributed by atoms with van der Waals surface area (Å²) in [6.07, 6.45) is 3.16. The molecular weight excluding hydrogens is 420 g/mol. The Hall–Kier alpha value is -2.53. The van der Waals surface area contributed by atoms with Crippen molar-refractivity contribution in [2.24, 2.45) is 0 Å². The average Bonchev–Trinajstić information content (AvgIpc) is 2.74. The van der Waals surface area contributed by atoms with Crippen molar-refractivity contribution in [1.29, 1.82) is 0 Å². The fraction of sp³-hybridized carbons (Fsp3) is 0.278. The third-order valence-corrected chi connectivity index (χ3v) is 6.40. The van der Waals surface area contributed by atoms with Gasteiger partial charge >= 0.3 is 11.8 Å². The van der Waals surface area contributed by atoms with Gasteiger partial charge in [0.1, 0.15) is 0 Å². The Balaban J connectivity index is 1.69. The number of anilines is 1. The zero-order valence-electron chi connectivity index (χ0n) is 15.3. The lowest BCUT2D eigenvalue weighted by molar-refractivity contribution is -0.136. The number of benzene rings is 1. The van der Waals surface area contributed by atoms with Gasteiger partial charge in [0.2, 0.25) is 10.0 Å². The molecule has 0 bridgehead atoms. The van der Waals surface area contributed by atoms with Crippen LogP contribution in [0.2, 0.25) is 5.02 Å². The molecule has 0 atom stereocenters. The molecule has 154 valence electrons. The number of halogens is 1. The summed E-state index contributed by atoms with van der Waals surface area (Å²) in [6, 6.07) is 7.41. The molecule has 29 heavy (non-hydrogen) atoms. The summed E-state index contributed by atoms with van der Waals surface area (Å²) in [5, 5.41) is 4.93. The molecule has 1 fully saturated rings. The van der Waals surface area contributed by atoms with Crippen LogP contribution < -0.4 is 10.6 Å². The zero-order valence-corrected chi connectivity index (χ0v) is 16.9. The first kappa shape index (κ1) is 21.2. The number of carbonyl (C=O) groups excluding carboxylic acids is 2. The van der Waals surface area contributed by atoms with Gasteiger partial charge < -0.3 is 15.4 Å². The number of ether oxygens (including phenoxy) is 1. The van der Waals surface area contributed by atoms with Crippen molar-refractivity contribution in [2.45, 2.75) is 11.4 Å². The van der Waals surface area contributed by atoms with Gasteiger partial charge in [-0.2, -0.15) is 4.31 Å². The number of amides is 2. The molecule has 0 spiro atoms. The molecule has 9 nitrogen and oxygen atoms in total. The van der Waals surface area contributed by atoms with Crippen LogP contribution in [0.1, 0.15) is 5.56 Å². The van der Waals surface area contributed by atoms with Crippen molar-refractivity contribution >= 4 is 39.1 Å². The SMILES string of the molecule is O=C(NCc1cccnc1)C(=O)Nc1cc(S(=O)(=O)N2CCOCC2)ccc1Cl. The van der Waals surface area contributed by atoms with Crippen molar-refractivity contribution < 1.29 is 22.7 Å². The van der Waals surface area contributed by atoms with E-state index >= 15 is 0 Å². The number of hydrogen-bond donors (Lipinski definition) is 2. The van der Waals surface area contributed by atoms with Gasteiger partial charge in [0.25, 0.3) is 0 Å². The van der Waals surface area contributed by atoms with Crippen LogP contribution in [0, 0.1) is 0 Å². The number of nitrogens with one attached hydrogen (secondary N) is 2. The third kappa shape index (κ3) is 5.30. The maximum atomic E-state index is 12.8. The highest BCUT2D eigenvalue weighted by atomic mass is 35.5. The molecular formula is C18H19ClN4O5S. The molecule has 3 rings (SSSR count). The van der Waals surface area contributed by atoms with Crippen LogP contribution in [0.4, 0.5) is 5.69 Å². The predicted octanol–water partition coefficient (Wildman–Crippen LogP) is 1.01. The monoisotopic (exact) mass is 438 g/mol. The minimum absolute atomic E-state index is 0.0301. The van der Waals surface area contributed by atoms with E-state index in [4.69, 9.17) is 16.3 Å². The zero-order chi connectivity index (χ0) is 20.9. The first-order chi connectivity index (χ1) is 13.9. The van der Waals surface area contributed by atoms with Crippen LogP contribution in [0.3, 0.4) is 0 Å². The van der Waals surface area contributed by atoms with E-state index in [-0.39, 0.29) is 35.2 Å². The van der Waals surface area contributed by atoms with Gasteiger partial charge in [0, 0.05) is 32.0 Å². The lowest BCUT2D eigenvalue weighted by Crippen LogP contribution is -2.40. The molecule has 0 radical (unpaired) electrons. The Bertz CT molecular complexity index is 995. The van der Waals surface area contributed by atoms with Gasteiger partial charge in [-0.3, -0.25) is 14.6 Å². The predicted molar refractivity (Wildman–Crippen MR) is 106 cm³/mol. The Morgan fingerprint density at radius 1 is 1.17 bits per heavy atom. The number of hydrogen-bond acceptors (Lipinski definition) is 6. The van der Waals surface area contributed by atoms with Crippen molar-refractivity contribution in [3.8, 4) is 0 Å². The van der Waals surface area contributed by atoms with E-state index in [1.54, 1.807) is 24.5 Å². The van der Waals surface area contributed by atoms with Gasteiger partial charge in [-0.25, -0.2) is 8.42 Å². The van der Waals surface area contributed by atoms with E-state index in [9.17, 15) is 18.0 Å². The molecule has 2 amide bonds. The van der Waals surface area contributed by atoms with E-state index in [0.29, 0.717) is 13.2 Å². The Kier molecular flexibility index (Phi) is 6.80. The molecule has 1 aromatic carbocycles. The number of pyridine rings is 1. The normalized spacial score (nSPS) is 14.9. The third-order valence-electron chi connectivity index (χ3n) is 4.18. The van der Waals surface area contributed by atoms with Gasteiger partial charge in [-0.1, -0.05) is 17.7 Å². The van der Waals surface area contributed by atoms with Gasteiger partial charge in [-0.15, -0.1) is 0 Å². The van der Waals surface area contributed by atoms with E-state index < -0.39 is 21.8 Å². The standard InChI is InChI=1S/C18H19ClN4O5S/c19-15-4-3-14(29(26,27)23-6-8-28-9-7-23)10-16(15)22-18(25)17(24)21-12-13-2-1-5-20-11-13/h1-5,10-11H,6-9,12H2,(H,21,24)(H,22,25). The smallest absolute Gasteiger partial charge is 0.313 e. The van der Waals surface area contributed by atoms with Crippen molar-refractivity contribution in [3.05, 3.63) is 53.3 Å². The molecule has 11 heteroatoms. The van der Waals surface area contributed by atoms with E-state index in [2.05, 4.69) is 15.6 Å². The topological polar surface area (TPSA) is 118 Å². The summed E-state index contributed by atoms with van der Waals surface area (Å²) in [7, 11) is -3.77. The van der Waals surface area contributed by atoms with Crippen molar-refractivity contribution in [1.82, 2.24) is 14.6 Å². The average molecular weight is 439 g/mol. The number of sulfonamides is 1. The summed E-state index contributed by atoms with van der Waals surface area (Å²) >= 11 is 6.07. The Morgan fingerprint density at radius 3 is 2.62 bits per heavy atom. The molecule has 0 unspecified atom stereocenters. The number of carbonyl (C=O) groups is 2. The van der Waals surface area contributed by atoms with Crippen molar-refractivity contribution in [3.63, 3.8) is 0 Å². The lowest BCUT2D eigenvalue weighted by atomic mass is 10.3. The van der Waals surface area contributed by atoms with Gasteiger partial charge in [0.15, 0.2) is 0 Å². The second kappa shape index (κ2) is 9.31. The first-order valence-corrected chi connectivity index (χ1v) is 10.6. The van der Waals surface area contributed by atoms with Crippen LogP contribution in [-0.2, 0) is 30.9 Å². The minimum atomic E-state index is -3.77.